The molecule has 0 bridgehead atoms. The Morgan fingerprint density at radius 2 is 1.79 bits per heavy atom. The third-order valence-electron chi connectivity index (χ3n) is 4.02. The minimum absolute atomic E-state index is 0.0903. The van der Waals surface area contributed by atoms with E-state index in [2.05, 4.69) is 22.1 Å². The van der Waals surface area contributed by atoms with E-state index in [1.54, 1.807) is 10.6 Å². The van der Waals surface area contributed by atoms with Crippen molar-refractivity contribution >= 4 is 23.4 Å². The number of benzene rings is 2. The largest absolute Gasteiger partial charge is 0.352 e. The van der Waals surface area contributed by atoms with Crippen molar-refractivity contribution in [1.29, 1.82) is 0 Å². The Morgan fingerprint density at radius 3 is 2.50 bits per heavy atom. The normalized spacial score (nSPS) is 10.9. The fourth-order valence-corrected chi connectivity index (χ4v) is 3.47. The molecule has 7 nitrogen and oxygen atoms in total. The average Bonchev–Trinajstić information content (AvgIpc) is 3.31. The van der Waals surface area contributed by atoms with Gasteiger partial charge in [0.2, 0.25) is 11.1 Å². The predicted molar refractivity (Wildman–Crippen MR) is 109 cm³/mol. The summed E-state index contributed by atoms with van der Waals surface area (Å²) in [5, 5.41) is 16.6. The van der Waals surface area contributed by atoms with Crippen LogP contribution in [0, 0.1) is 0 Å². The zero-order valence-corrected chi connectivity index (χ0v) is 15.8. The molecule has 140 valence electrons. The van der Waals surface area contributed by atoms with Crippen LogP contribution in [-0.2, 0) is 4.79 Å². The van der Waals surface area contributed by atoms with E-state index in [9.17, 15) is 4.79 Å². The Bertz CT molecular complexity index is 1100. The van der Waals surface area contributed by atoms with Crippen molar-refractivity contribution in [3.63, 3.8) is 0 Å². The summed E-state index contributed by atoms with van der Waals surface area (Å²) < 4.78 is 3.64. The van der Waals surface area contributed by atoms with Crippen LogP contribution in [0.2, 0.25) is 0 Å². The van der Waals surface area contributed by atoms with Gasteiger partial charge in [-0.15, -0.1) is 21.9 Å². The first-order valence-electron chi connectivity index (χ1n) is 8.73. The number of carbonyl (C=O) groups excluding carboxylic acids is 1. The van der Waals surface area contributed by atoms with Gasteiger partial charge >= 0.3 is 0 Å². The fourth-order valence-electron chi connectivity index (χ4n) is 2.76. The third kappa shape index (κ3) is 3.54. The smallest absolute Gasteiger partial charge is 0.259 e. The number of amides is 1. The number of carbonyl (C=O) groups is 1. The summed E-state index contributed by atoms with van der Waals surface area (Å²) in [5.74, 6) is 1.49. The number of hydrogen-bond donors (Lipinski definition) is 1. The molecule has 0 saturated heterocycles. The summed E-state index contributed by atoms with van der Waals surface area (Å²) in [6.07, 6.45) is 1.64. The summed E-state index contributed by atoms with van der Waals surface area (Å²) in [7, 11) is 0. The number of hydrogen-bond acceptors (Lipinski definition) is 5. The second kappa shape index (κ2) is 8.10. The molecule has 0 aliphatic rings. The summed E-state index contributed by atoms with van der Waals surface area (Å²) in [5.41, 5.74) is 1.91. The Morgan fingerprint density at radius 1 is 1.07 bits per heavy atom. The zero-order chi connectivity index (χ0) is 19.3. The van der Waals surface area contributed by atoms with Gasteiger partial charge in [0.1, 0.15) is 0 Å². The van der Waals surface area contributed by atoms with Crippen LogP contribution >= 0.6 is 11.8 Å². The van der Waals surface area contributed by atoms with Crippen LogP contribution < -0.4 is 5.32 Å². The second-order valence-electron chi connectivity index (χ2n) is 5.94. The van der Waals surface area contributed by atoms with Gasteiger partial charge in [0.25, 0.3) is 5.78 Å². The number of fused-ring (bicyclic) bond motifs is 1. The molecule has 2 aromatic carbocycles. The number of thioether (sulfide) groups is 1. The van der Waals surface area contributed by atoms with Crippen LogP contribution in [0.5, 0.6) is 0 Å². The first-order chi connectivity index (χ1) is 13.8. The molecule has 0 aliphatic heterocycles. The minimum atomic E-state index is -0.0903. The SMILES string of the molecule is C=CCNC(=O)CSc1nnc2n(-c3ccccc3)c(-c3ccccc3)nn12. The molecule has 0 aliphatic carbocycles. The zero-order valence-electron chi connectivity index (χ0n) is 15.0. The van der Waals surface area contributed by atoms with Crippen molar-refractivity contribution in [3.8, 4) is 17.1 Å². The molecule has 28 heavy (non-hydrogen) atoms. The molecule has 8 heteroatoms. The van der Waals surface area contributed by atoms with Crippen molar-refractivity contribution in [2.75, 3.05) is 12.3 Å². The highest BCUT2D eigenvalue weighted by atomic mass is 32.2. The van der Waals surface area contributed by atoms with E-state index in [4.69, 9.17) is 5.10 Å². The van der Waals surface area contributed by atoms with Gasteiger partial charge in [-0.25, -0.2) is 0 Å². The van der Waals surface area contributed by atoms with Gasteiger partial charge in [-0.05, 0) is 12.1 Å². The van der Waals surface area contributed by atoms with Crippen molar-refractivity contribution < 1.29 is 4.79 Å². The van der Waals surface area contributed by atoms with E-state index in [0.717, 1.165) is 17.1 Å². The lowest BCUT2D eigenvalue weighted by Crippen LogP contribution is -2.25. The average molecular weight is 390 g/mol. The van der Waals surface area contributed by atoms with Gasteiger partial charge in [0.05, 0.1) is 11.4 Å². The summed E-state index contributed by atoms with van der Waals surface area (Å²) >= 11 is 1.29. The predicted octanol–water partition coefficient (Wildman–Crippen LogP) is 2.98. The first kappa shape index (κ1) is 18.0. The van der Waals surface area contributed by atoms with Gasteiger partial charge in [0, 0.05) is 12.1 Å². The maximum atomic E-state index is 11.9. The molecule has 0 unspecified atom stereocenters. The maximum absolute atomic E-state index is 11.9. The van der Waals surface area contributed by atoms with Crippen molar-refractivity contribution in [2.45, 2.75) is 5.16 Å². The standard InChI is InChI=1S/C20H18N6OS/c1-2-13-21-17(27)14-28-20-23-22-19-25(16-11-7-4-8-12-16)18(24-26(19)20)15-9-5-3-6-10-15/h2-12H,1,13-14H2,(H,21,27). The monoisotopic (exact) mass is 390 g/mol. The topological polar surface area (TPSA) is 77.1 Å². The Hall–Kier alpha value is -3.39. The first-order valence-corrected chi connectivity index (χ1v) is 9.72. The number of nitrogens with one attached hydrogen (secondary N) is 1. The molecule has 4 aromatic rings. The lowest BCUT2D eigenvalue weighted by Gasteiger charge is -2.06. The van der Waals surface area contributed by atoms with Gasteiger partial charge < -0.3 is 5.32 Å². The maximum Gasteiger partial charge on any atom is 0.259 e. The molecule has 2 aromatic heterocycles. The molecule has 1 amide bonds. The van der Waals surface area contributed by atoms with E-state index >= 15 is 0 Å². The van der Waals surface area contributed by atoms with Gasteiger partial charge in [-0.2, -0.15) is 4.52 Å². The highest BCUT2D eigenvalue weighted by Crippen LogP contribution is 2.26. The van der Waals surface area contributed by atoms with Gasteiger partial charge in [-0.3, -0.25) is 9.36 Å². The molecule has 4 rings (SSSR count). The van der Waals surface area contributed by atoms with E-state index in [0.29, 0.717) is 17.5 Å². The molecule has 0 fully saturated rings. The van der Waals surface area contributed by atoms with Crippen molar-refractivity contribution in [1.82, 2.24) is 29.7 Å². The van der Waals surface area contributed by atoms with Crippen LogP contribution in [0.25, 0.3) is 22.9 Å². The molecular weight excluding hydrogens is 372 g/mol. The van der Waals surface area contributed by atoms with Crippen LogP contribution in [0.1, 0.15) is 0 Å². The van der Waals surface area contributed by atoms with Crippen LogP contribution in [0.3, 0.4) is 0 Å². The minimum Gasteiger partial charge on any atom is -0.352 e. The Balaban J connectivity index is 1.75. The lowest BCUT2D eigenvalue weighted by atomic mass is 10.2. The van der Waals surface area contributed by atoms with E-state index in [1.807, 2.05) is 65.2 Å². The number of nitrogens with zero attached hydrogens (tertiary/aromatic N) is 5. The Labute approximate surface area is 166 Å². The highest BCUT2D eigenvalue weighted by Gasteiger charge is 2.20. The molecule has 0 saturated carbocycles. The Kier molecular flexibility index (Phi) is 5.20. The summed E-state index contributed by atoms with van der Waals surface area (Å²) in [6.45, 7) is 4.03. The van der Waals surface area contributed by atoms with E-state index in [-0.39, 0.29) is 11.7 Å². The molecule has 1 N–H and O–H groups in total. The van der Waals surface area contributed by atoms with Crippen molar-refractivity contribution in [3.05, 3.63) is 73.3 Å². The van der Waals surface area contributed by atoms with Crippen LogP contribution in [0.15, 0.2) is 78.5 Å². The quantitative estimate of drug-likeness (QED) is 0.388. The van der Waals surface area contributed by atoms with Crippen LogP contribution in [0.4, 0.5) is 0 Å². The molecular formula is C20H18N6OS. The van der Waals surface area contributed by atoms with Crippen molar-refractivity contribution in [2.24, 2.45) is 0 Å². The molecule has 2 heterocycles. The fraction of sp³-hybridized carbons (Fsp3) is 0.100. The summed E-state index contributed by atoms with van der Waals surface area (Å²) in [4.78, 5) is 11.9. The van der Waals surface area contributed by atoms with E-state index < -0.39 is 0 Å². The molecule has 0 radical (unpaired) electrons. The number of rotatable bonds is 7. The van der Waals surface area contributed by atoms with Gasteiger partial charge in [0.15, 0.2) is 5.82 Å². The lowest BCUT2D eigenvalue weighted by molar-refractivity contribution is -0.118. The molecule has 0 atom stereocenters. The van der Waals surface area contributed by atoms with E-state index in [1.165, 1.54) is 11.8 Å². The van der Waals surface area contributed by atoms with Gasteiger partial charge in [-0.1, -0.05) is 66.4 Å². The third-order valence-corrected chi connectivity index (χ3v) is 4.94. The highest BCUT2D eigenvalue weighted by molar-refractivity contribution is 7.99. The number of aromatic nitrogens is 5. The second-order valence-corrected chi connectivity index (χ2v) is 6.88. The molecule has 0 spiro atoms. The van der Waals surface area contributed by atoms with Crippen LogP contribution in [-0.4, -0.2) is 42.6 Å². The number of para-hydroxylation sites is 1. The summed E-state index contributed by atoms with van der Waals surface area (Å²) in [6, 6.07) is 19.8.